The van der Waals surface area contributed by atoms with Crippen LogP contribution in [0.3, 0.4) is 0 Å². The average Bonchev–Trinajstić information content (AvgIpc) is 2.56. The molecule has 1 atom stereocenters. The van der Waals surface area contributed by atoms with E-state index in [2.05, 4.69) is 34.1 Å². The number of piperidine rings is 1. The largest absolute Gasteiger partial charge is 0.481 e. The summed E-state index contributed by atoms with van der Waals surface area (Å²) in [6.07, 6.45) is 1.78. The fourth-order valence-corrected chi connectivity index (χ4v) is 3.29. The van der Waals surface area contributed by atoms with E-state index in [0.717, 1.165) is 52.2 Å². The molecule has 2 aliphatic heterocycles. The van der Waals surface area contributed by atoms with E-state index in [4.69, 9.17) is 9.84 Å². The van der Waals surface area contributed by atoms with E-state index >= 15 is 0 Å². The first kappa shape index (κ1) is 15.3. The maximum atomic E-state index is 11.1. The van der Waals surface area contributed by atoms with Crippen LogP contribution in [0, 0.1) is 5.92 Å². The van der Waals surface area contributed by atoms with Gasteiger partial charge < -0.3 is 14.7 Å². The third-order valence-electron chi connectivity index (χ3n) is 4.57. The molecule has 0 spiro atoms. The molecule has 22 heavy (non-hydrogen) atoms. The second kappa shape index (κ2) is 7.11. The lowest BCUT2D eigenvalue weighted by atomic mass is 9.98. The second-order valence-electron chi connectivity index (χ2n) is 6.18. The van der Waals surface area contributed by atoms with Crippen LogP contribution in [0.5, 0.6) is 0 Å². The van der Waals surface area contributed by atoms with Crippen molar-refractivity contribution >= 4 is 11.7 Å². The topological polar surface area (TPSA) is 53.0 Å². The predicted octanol–water partition coefficient (Wildman–Crippen LogP) is 1.82. The molecule has 1 N–H and O–H groups in total. The molecule has 2 fully saturated rings. The number of hydrogen-bond donors (Lipinski definition) is 1. The lowest BCUT2D eigenvalue weighted by Crippen LogP contribution is -2.38. The first-order valence-electron chi connectivity index (χ1n) is 8.09. The fraction of sp³-hybridized carbons (Fsp3) is 0.588. The minimum atomic E-state index is -0.660. The smallest absolute Gasteiger partial charge is 0.307 e. The minimum absolute atomic E-state index is 0.207. The molecule has 2 heterocycles. The molecule has 0 aromatic heterocycles. The van der Waals surface area contributed by atoms with Gasteiger partial charge in [-0.1, -0.05) is 12.1 Å². The molecule has 5 heteroatoms. The van der Waals surface area contributed by atoms with Crippen molar-refractivity contribution in [2.45, 2.75) is 19.4 Å². The molecular formula is C17H24N2O3. The van der Waals surface area contributed by atoms with Crippen LogP contribution in [-0.4, -0.2) is 55.4 Å². The highest BCUT2D eigenvalue weighted by molar-refractivity contribution is 5.70. The summed E-state index contributed by atoms with van der Waals surface area (Å²) >= 11 is 0. The Bertz CT molecular complexity index is 497. The third-order valence-corrected chi connectivity index (χ3v) is 4.57. The van der Waals surface area contributed by atoms with Crippen molar-refractivity contribution in [2.24, 2.45) is 5.92 Å². The number of carboxylic acids is 1. The predicted molar refractivity (Wildman–Crippen MR) is 85.1 cm³/mol. The fourth-order valence-electron chi connectivity index (χ4n) is 3.29. The van der Waals surface area contributed by atoms with Crippen LogP contribution in [0.1, 0.15) is 18.4 Å². The van der Waals surface area contributed by atoms with Crippen LogP contribution in [0.15, 0.2) is 24.3 Å². The summed E-state index contributed by atoms with van der Waals surface area (Å²) in [6, 6.07) is 8.66. The summed E-state index contributed by atoms with van der Waals surface area (Å²) in [5, 5.41) is 9.16. The Kier molecular flexibility index (Phi) is 4.95. The van der Waals surface area contributed by atoms with E-state index in [9.17, 15) is 4.79 Å². The molecule has 1 aromatic carbocycles. The quantitative estimate of drug-likeness (QED) is 0.919. The maximum absolute atomic E-state index is 11.1. The van der Waals surface area contributed by atoms with E-state index < -0.39 is 5.97 Å². The summed E-state index contributed by atoms with van der Waals surface area (Å²) in [4.78, 5) is 15.7. The first-order valence-corrected chi connectivity index (χ1v) is 8.09. The van der Waals surface area contributed by atoms with Crippen LogP contribution < -0.4 is 4.90 Å². The van der Waals surface area contributed by atoms with Gasteiger partial charge in [-0.3, -0.25) is 9.69 Å². The highest BCUT2D eigenvalue weighted by Gasteiger charge is 2.25. The molecule has 0 amide bonds. The maximum Gasteiger partial charge on any atom is 0.307 e. The van der Waals surface area contributed by atoms with Crippen LogP contribution >= 0.6 is 0 Å². The average molecular weight is 304 g/mol. The number of anilines is 1. The number of nitrogens with zero attached hydrogens (tertiary/aromatic N) is 2. The molecule has 120 valence electrons. The van der Waals surface area contributed by atoms with Crippen molar-refractivity contribution in [3.05, 3.63) is 29.8 Å². The highest BCUT2D eigenvalue weighted by Crippen LogP contribution is 2.21. The summed E-state index contributed by atoms with van der Waals surface area (Å²) in [7, 11) is 0. The van der Waals surface area contributed by atoms with Gasteiger partial charge in [0.15, 0.2) is 0 Å². The monoisotopic (exact) mass is 304 g/mol. The Morgan fingerprint density at radius 2 is 1.91 bits per heavy atom. The molecule has 0 saturated carbocycles. The van der Waals surface area contributed by atoms with Gasteiger partial charge in [-0.15, -0.1) is 0 Å². The number of carbonyl (C=O) groups is 1. The lowest BCUT2D eigenvalue weighted by molar-refractivity contribution is -0.143. The van der Waals surface area contributed by atoms with Crippen molar-refractivity contribution in [3.8, 4) is 0 Å². The number of ether oxygens (including phenoxy) is 1. The number of morpholine rings is 1. The molecule has 0 radical (unpaired) electrons. The Hall–Kier alpha value is -1.59. The van der Waals surface area contributed by atoms with Gasteiger partial charge in [0.1, 0.15) is 0 Å². The highest BCUT2D eigenvalue weighted by atomic mass is 16.5. The van der Waals surface area contributed by atoms with E-state index in [1.165, 1.54) is 11.3 Å². The molecule has 5 nitrogen and oxygen atoms in total. The second-order valence-corrected chi connectivity index (χ2v) is 6.18. The van der Waals surface area contributed by atoms with Gasteiger partial charge in [0.05, 0.1) is 19.1 Å². The zero-order valence-electron chi connectivity index (χ0n) is 12.9. The van der Waals surface area contributed by atoms with Crippen LogP contribution in [0.25, 0.3) is 0 Å². The molecule has 2 aliphatic rings. The summed E-state index contributed by atoms with van der Waals surface area (Å²) in [5.74, 6) is -0.867. The number of aliphatic carboxylic acids is 1. The van der Waals surface area contributed by atoms with Crippen molar-refractivity contribution in [3.63, 3.8) is 0 Å². The van der Waals surface area contributed by atoms with Gasteiger partial charge in [-0.05, 0) is 37.1 Å². The number of likely N-dealkylation sites (tertiary alicyclic amines) is 1. The van der Waals surface area contributed by atoms with Crippen LogP contribution in [0.2, 0.25) is 0 Å². The first-order chi connectivity index (χ1) is 10.7. The third kappa shape index (κ3) is 3.78. The van der Waals surface area contributed by atoms with Crippen molar-refractivity contribution in [2.75, 3.05) is 44.3 Å². The number of benzene rings is 1. The molecule has 2 saturated heterocycles. The van der Waals surface area contributed by atoms with Crippen molar-refractivity contribution < 1.29 is 14.6 Å². The molecule has 3 rings (SSSR count). The summed E-state index contributed by atoms with van der Waals surface area (Å²) in [5.41, 5.74) is 2.50. The minimum Gasteiger partial charge on any atom is -0.481 e. The van der Waals surface area contributed by atoms with Gasteiger partial charge in [0.2, 0.25) is 0 Å². The zero-order valence-corrected chi connectivity index (χ0v) is 12.9. The number of carboxylic acid groups (broad SMARTS) is 1. The summed E-state index contributed by atoms with van der Waals surface area (Å²) in [6.45, 7) is 6.00. The zero-order chi connectivity index (χ0) is 15.4. The van der Waals surface area contributed by atoms with Crippen molar-refractivity contribution in [1.29, 1.82) is 0 Å². The van der Waals surface area contributed by atoms with Crippen LogP contribution in [-0.2, 0) is 16.1 Å². The van der Waals surface area contributed by atoms with E-state index in [1.54, 1.807) is 0 Å². The molecule has 1 unspecified atom stereocenters. The van der Waals surface area contributed by atoms with Gasteiger partial charge in [-0.25, -0.2) is 0 Å². The van der Waals surface area contributed by atoms with Gasteiger partial charge >= 0.3 is 5.97 Å². The van der Waals surface area contributed by atoms with E-state index in [1.807, 2.05) is 0 Å². The Morgan fingerprint density at radius 3 is 2.59 bits per heavy atom. The van der Waals surface area contributed by atoms with Gasteiger partial charge in [0.25, 0.3) is 0 Å². The molecule has 1 aromatic rings. The normalized spacial score (nSPS) is 23.5. The van der Waals surface area contributed by atoms with Crippen LogP contribution in [0.4, 0.5) is 5.69 Å². The molecule has 0 aliphatic carbocycles. The van der Waals surface area contributed by atoms with Crippen molar-refractivity contribution in [1.82, 2.24) is 4.90 Å². The number of rotatable bonds is 4. The lowest BCUT2D eigenvalue weighted by Gasteiger charge is -2.31. The molecule has 0 bridgehead atoms. The standard InChI is InChI=1S/C17H24N2O3/c20-17(21)15-2-1-7-18(13-15)12-14-3-5-16(6-4-14)19-8-10-22-11-9-19/h3-6,15H,1-2,7-13H2,(H,20,21). The SMILES string of the molecule is O=C(O)C1CCCN(Cc2ccc(N3CCOCC3)cc2)C1. The van der Waals surface area contributed by atoms with Gasteiger partial charge in [0, 0.05) is 31.9 Å². The Labute approximate surface area is 131 Å². The van der Waals surface area contributed by atoms with Gasteiger partial charge in [-0.2, -0.15) is 0 Å². The van der Waals surface area contributed by atoms with E-state index in [-0.39, 0.29) is 5.92 Å². The Morgan fingerprint density at radius 1 is 1.18 bits per heavy atom. The molecular weight excluding hydrogens is 280 g/mol. The van der Waals surface area contributed by atoms with E-state index in [0.29, 0.717) is 6.54 Å². The Balaban J connectivity index is 1.57. The summed E-state index contributed by atoms with van der Waals surface area (Å²) < 4.78 is 5.38. The number of hydrogen-bond acceptors (Lipinski definition) is 4.